The summed E-state index contributed by atoms with van der Waals surface area (Å²) in [6.45, 7) is 0. The van der Waals surface area contributed by atoms with Crippen molar-refractivity contribution in [2.24, 2.45) is 5.92 Å². The predicted molar refractivity (Wildman–Crippen MR) is 126 cm³/mol. The van der Waals surface area contributed by atoms with Gasteiger partial charge in [-0.2, -0.15) is 0 Å². The minimum absolute atomic E-state index is 0.232. The number of ether oxygens (including phenoxy) is 1. The van der Waals surface area contributed by atoms with Crippen LogP contribution >= 0.6 is 11.8 Å². The number of thioether (sulfide) groups is 1. The van der Waals surface area contributed by atoms with Gasteiger partial charge in [0.15, 0.2) is 0 Å². The molecule has 0 heterocycles. The van der Waals surface area contributed by atoms with Crippen molar-refractivity contribution < 1.29 is 28.5 Å². The van der Waals surface area contributed by atoms with E-state index in [2.05, 4.69) is 0 Å². The molecule has 3 aromatic rings. The van der Waals surface area contributed by atoms with Gasteiger partial charge in [-0.05, 0) is 41.8 Å². The fourth-order valence-corrected chi connectivity index (χ4v) is 4.36. The van der Waals surface area contributed by atoms with Crippen LogP contribution in [0.4, 0.5) is 8.78 Å². The van der Waals surface area contributed by atoms with Gasteiger partial charge in [-0.3, -0.25) is 4.79 Å². The second-order valence-electron chi connectivity index (χ2n) is 7.76. The fourth-order valence-electron chi connectivity index (χ4n) is 3.49. The number of carboxylic acid groups (broad SMARTS) is 1. The lowest BCUT2D eigenvalue weighted by Gasteiger charge is -2.23. The molecular weight excluding hydrogens is 446 g/mol. The van der Waals surface area contributed by atoms with E-state index in [0.717, 1.165) is 16.0 Å². The van der Waals surface area contributed by atoms with E-state index in [1.54, 1.807) is 31.4 Å². The lowest BCUT2D eigenvalue weighted by Crippen LogP contribution is -2.28. The van der Waals surface area contributed by atoms with Gasteiger partial charge in [-0.1, -0.05) is 54.6 Å². The summed E-state index contributed by atoms with van der Waals surface area (Å²) in [5, 5.41) is 19.8. The van der Waals surface area contributed by atoms with Crippen molar-refractivity contribution in [1.29, 1.82) is 0 Å². The van der Waals surface area contributed by atoms with E-state index in [0.29, 0.717) is 5.75 Å². The Balaban J connectivity index is 1.63. The number of alkyl halides is 2. The number of carboxylic acids is 1. The quantitative estimate of drug-likeness (QED) is 0.331. The van der Waals surface area contributed by atoms with Crippen molar-refractivity contribution in [3.63, 3.8) is 0 Å². The molecule has 0 aliphatic heterocycles. The van der Waals surface area contributed by atoms with Gasteiger partial charge in [0.2, 0.25) is 0 Å². The molecule has 2 N–H and O–H groups in total. The van der Waals surface area contributed by atoms with Gasteiger partial charge in [0.1, 0.15) is 5.75 Å². The molecule has 3 aromatic carbocycles. The number of aliphatic carboxylic acids is 1. The van der Waals surface area contributed by atoms with E-state index in [-0.39, 0.29) is 17.7 Å². The maximum Gasteiger partial charge on any atom is 0.306 e. The maximum absolute atomic E-state index is 14.9. The summed E-state index contributed by atoms with van der Waals surface area (Å²) in [5.41, 5.74) is 1.37. The Kier molecular flexibility index (Phi) is 8.47. The maximum atomic E-state index is 14.9. The highest BCUT2D eigenvalue weighted by Gasteiger charge is 2.38. The van der Waals surface area contributed by atoms with Gasteiger partial charge >= 0.3 is 5.97 Å². The largest absolute Gasteiger partial charge is 0.497 e. The first-order chi connectivity index (χ1) is 15.8. The van der Waals surface area contributed by atoms with Gasteiger partial charge in [0, 0.05) is 22.6 Å². The molecule has 0 fully saturated rings. The van der Waals surface area contributed by atoms with Crippen molar-refractivity contribution in [2.75, 3.05) is 12.9 Å². The predicted octanol–water partition coefficient (Wildman–Crippen LogP) is 6.09. The van der Waals surface area contributed by atoms with Gasteiger partial charge in [0.25, 0.3) is 5.92 Å². The van der Waals surface area contributed by atoms with Crippen LogP contribution in [0.25, 0.3) is 11.1 Å². The molecule has 0 radical (unpaired) electrons. The molecule has 0 amide bonds. The SMILES string of the molecule is COc1ccc(-c2ccc(C(F)(F)CC(CC(O)CSc3ccccc3)C(=O)O)cc2)cc1. The highest BCUT2D eigenvalue weighted by Crippen LogP contribution is 2.37. The van der Waals surface area contributed by atoms with Crippen molar-refractivity contribution in [2.45, 2.75) is 29.8 Å². The Morgan fingerprint density at radius 1 is 0.970 bits per heavy atom. The summed E-state index contributed by atoms with van der Waals surface area (Å²) in [7, 11) is 1.57. The zero-order chi connectivity index (χ0) is 23.8. The highest BCUT2D eigenvalue weighted by molar-refractivity contribution is 7.99. The van der Waals surface area contributed by atoms with E-state index < -0.39 is 30.3 Å². The molecule has 0 aliphatic rings. The molecular formula is C26H26F2O4S. The summed E-state index contributed by atoms with van der Waals surface area (Å²) in [5.74, 6) is -5.11. The summed E-state index contributed by atoms with van der Waals surface area (Å²) < 4.78 is 35.0. The Bertz CT molecular complexity index is 1020. The van der Waals surface area contributed by atoms with Crippen LogP contribution in [0.1, 0.15) is 18.4 Å². The molecule has 0 aliphatic carbocycles. The Labute approximate surface area is 196 Å². The minimum atomic E-state index is -3.34. The standard InChI is InChI=1S/C26H26F2O4S/c1-32-23-13-9-19(10-14-23)18-7-11-21(12-8-18)26(27,28)16-20(25(30)31)15-22(29)17-33-24-5-3-2-4-6-24/h2-14,20,22,29H,15-17H2,1H3,(H,30,31). The first-order valence-corrected chi connectivity index (χ1v) is 11.5. The first-order valence-electron chi connectivity index (χ1n) is 10.5. The van der Waals surface area contributed by atoms with Crippen molar-refractivity contribution in [1.82, 2.24) is 0 Å². The lowest BCUT2D eigenvalue weighted by atomic mass is 9.91. The molecule has 0 bridgehead atoms. The number of benzene rings is 3. The van der Waals surface area contributed by atoms with Crippen LogP contribution in [-0.2, 0) is 10.7 Å². The number of aliphatic hydroxyl groups is 1. The summed E-state index contributed by atoms with van der Waals surface area (Å²) in [6, 6.07) is 22.4. The van der Waals surface area contributed by atoms with Gasteiger partial charge < -0.3 is 14.9 Å². The van der Waals surface area contributed by atoms with Crippen molar-refractivity contribution in [3.8, 4) is 16.9 Å². The average molecular weight is 473 g/mol. The molecule has 33 heavy (non-hydrogen) atoms. The molecule has 3 rings (SSSR count). The number of aliphatic hydroxyl groups excluding tert-OH is 1. The van der Waals surface area contributed by atoms with E-state index in [1.165, 1.54) is 23.9 Å². The molecule has 0 saturated carbocycles. The third kappa shape index (κ3) is 7.04. The molecule has 0 saturated heterocycles. The van der Waals surface area contributed by atoms with Crippen LogP contribution < -0.4 is 4.74 Å². The normalized spacial score (nSPS) is 13.3. The molecule has 2 atom stereocenters. The van der Waals surface area contributed by atoms with Crippen LogP contribution in [-0.4, -0.2) is 35.1 Å². The average Bonchev–Trinajstić information content (AvgIpc) is 2.83. The molecule has 0 spiro atoms. The Morgan fingerprint density at radius 2 is 1.55 bits per heavy atom. The number of methoxy groups -OCH3 is 1. The van der Waals surface area contributed by atoms with Crippen molar-refractivity contribution >= 4 is 17.7 Å². The molecule has 2 unspecified atom stereocenters. The summed E-state index contributed by atoms with van der Waals surface area (Å²) in [6.07, 6.45) is -2.13. The van der Waals surface area contributed by atoms with Crippen LogP contribution in [0.3, 0.4) is 0 Å². The molecule has 0 aromatic heterocycles. The number of halogens is 2. The number of carbonyl (C=O) groups is 1. The number of rotatable bonds is 11. The van der Waals surface area contributed by atoms with E-state index in [1.807, 2.05) is 42.5 Å². The topological polar surface area (TPSA) is 66.8 Å². The summed E-state index contributed by atoms with van der Waals surface area (Å²) >= 11 is 1.36. The van der Waals surface area contributed by atoms with E-state index >= 15 is 0 Å². The zero-order valence-corrected chi connectivity index (χ0v) is 19.0. The Morgan fingerprint density at radius 3 is 2.09 bits per heavy atom. The van der Waals surface area contributed by atoms with Crippen LogP contribution in [0.5, 0.6) is 5.75 Å². The first kappa shape index (κ1) is 24.7. The Hall–Kier alpha value is -2.90. The smallest absolute Gasteiger partial charge is 0.306 e. The van der Waals surface area contributed by atoms with E-state index in [9.17, 15) is 23.8 Å². The van der Waals surface area contributed by atoms with Crippen molar-refractivity contribution in [3.05, 3.63) is 84.4 Å². The number of hydrogen-bond donors (Lipinski definition) is 2. The van der Waals surface area contributed by atoms with E-state index in [4.69, 9.17) is 4.74 Å². The molecule has 7 heteroatoms. The van der Waals surface area contributed by atoms with Crippen LogP contribution in [0, 0.1) is 5.92 Å². The fraction of sp³-hybridized carbons (Fsp3) is 0.269. The van der Waals surface area contributed by atoms with Crippen LogP contribution in [0.2, 0.25) is 0 Å². The number of hydrogen-bond acceptors (Lipinski definition) is 4. The van der Waals surface area contributed by atoms with Crippen LogP contribution in [0.15, 0.2) is 83.8 Å². The monoisotopic (exact) mass is 472 g/mol. The third-order valence-corrected chi connectivity index (χ3v) is 6.48. The van der Waals surface area contributed by atoms with Gasteiger partial charge in [-0.25, -0.2) is 8.78 Å². The summed E-state index contributed by atoms with van der Waals surface area (Å²) in [4.78, 5) is 12.6. The van der Waals surface area contributed by atoms with Gasteiger partial charge in [-0.15, -0.1) is 11.8 Å². The minimum Gasteiger partial charge on any atom is -0.497 e. The lowest BCUT2D eigenvalue weighted by molar-refractivity contribution is -0.147. The third-order valence-electron chi connectivity index (χ3n) is 5.32. The zero-order valence-electron chi connectivity index (χ0n) is 18.2. The van der Waals surface area contributed by atoms with Gasteiger partial charge in [0.05, 0.1) is 19.1 Å². The second kappa shape index (κ2) is 11.3. The molecule has 4 nitrogen and oxygen atoms in total. The second-order valence-corrected chi connectivity index (χ2v) is 8.86. The highest BCUT2D eigenvalue weighted by atomic mass is 32.2. The molecule has 174 valence electrons.